The first-order chi connectivity index (χ1) is 14.2. The molecule has 0 bridgehead atoms. The van der Waals surface area contributed by atoms with Crippen LogP contribution >= 0.6 is 0 Å². The van der Waals surface area contributed by atoms with Crippen LogP contribution in [0.25, 0.3) is 10.9 Å². The number of hydrogen-bond acceptors (Lipinski definition) is 5. The predicted octanol–water partition coefficient (Wildman–Crippen LogP) is 4.41. The van der Waals surface area contributed by atoms with Crippen LogP contribution in [0.5, 0.6) is 0 Å². The zero-order valence-electron chi connectivity index (χ0n) is 16.8. The van der Waals surface area contributed by atoms with Crippen molar-refractivity contribution in [3.63, 3.8) is 0 Å². The second-order valence-corrected chi connectivity index (χ2v) is 7.94. The lowest BCUT2D eigenvalue weighted by Gasteiger charge is -2.26. The molecule has 1 aliphatic heterocycles. The van der Waals surface area contributed by atoms with Crippen LogP contribution in [0, 0.1) is 0 Å². The Balaban J connectivity index is 1.77. The Bertz CT molecular complexity index is 1100. The quantitative estimate of drug-likeness (QED) is 0.612. The highest BCUT2D eigenvalue weighted by Gasteiger charge is 2.35. The second kappa shape index (κ2) is 7.86. The molecule has 3 heterocycles. The molecule has 1 atom stereocenters. The summed E-state index contributed by atoms with van der Waals surface area (Å²) in [5, 5.41) is 0.189. The summed E-state index contributed by atoms with van der Waals surface area (Å²) in [6.07, 6.45) is -1.71. The number of oxazole rings is 1. The van der Waals surface area contributed by atoms with Gasteiger partial charge in [0.1, 0.15) is 18.1 Å². The number of rotatable bonds is 5. The van der Waals surface area contributed by atoms with E-state index in [1.165, 1.54) is 12.5 Å². The lowest BCUT2D eigenvalue weighted by molar-refractivity contribution is -0.142. The van der Waals surface area contributed by atoms with Gasteiger partial charge in [0.2, 0.25) is 0 Å². The molecule has 6 nitrogen and oxygen atoms in total. The average Bonchev–Trinajstić information content (AvgIpc) is 3.33. The van der Waals surface area contributed by atoms with E-state index in [0.717, 1.165) is 22.4 Å². The van der Waals surface area contributed by atoms with Crippen LogP contribution in [-0.4, -0.2) is 32.2 Å². The maximum absolute atomic E-state index is 13.3. The fourth-order valence-electron chi connectivity index (χ4n) is 4.14. The molecule has 1 aliphatic rings. The van der Waals surface area contributed by atoms with Crippen LogP contribution in [0.3, 0.4) is 0 Å². The van der Waals surface area contributed by atoms with Crippen LogP contribution in [0.1, 0.15) is 55.9 Å². The van der Waals surface area contributed by atoms with Gasteiger partial charge in [0.05, 0.1) is 22.6 Å². The van der Waals surface area contributed by atoms with E-state index in [1.807, 2.05) is 18.7 Å². The third-order valence-electron chi connectivity index (χ3n) is 5.44. The summed E-state index contributed by atoms with van der Waals surface area (Å²) < 4.78 is 46.2. The molecule has 2 aromatic heterocycles. The molecule has 1 fully saturated rings. The normalized spacial score (nSPS) is 18.0. The van der Waals surface area contributed by atoms with Gasteiger partial charge in [-0.25, -0.2) is 9.97 Å². The number of benzene rings is 1. The van der Waals surface area contributed by atoms with E-state index in [0.29, 0.717) is 25.0 Å². The summed E-state index contributed by atoms with van der Waals surface area (Å²) >= 11 is 0. The first-order valence-corrected chi connectivity index (χ1v) is 9.97. The number of para-hydroxylation sites is 1. The number of nitrogens with zero attached hydrogens (tertiary/aromatic N) is 4. The maximum Gasteiger partial charge on any atom is 0.406 e. The van der Waals surface area contributed by atoms with Crippen molar-refractivity contribution in [2.24, 2.45) is 0 Å². The van der Waals surface area contributed by atoms with Crippen LogP contribution in [-0.2, 0) is 13.1 Å². The van der Waals surface area contributed by atoms with Crippen molar-refractivity contribution < 1.29 is 17.6 Å². The lowest BCUT2D eigenvalue weighted by Crippen LogP contribution is -2.35. The zero-order chi connectivity index (χ0) is 21.5. The molecule has 1 unspecified atom stereocenters. The molecule has 0 spiro atoms. The highest BCUT2D eigenvalue weighted by molar-refractivity contribution is 5.77. The summed E-state index contributed by atoms with van der Waals surface area (Å²) in [5.74, 6) is 1.06. The summed E-state index contributed by atoms with van der Waals surface area (Å²) in [4.78, 5) is 23.8. The first-order valence-electron chi connectivity index (χ1n) is 9.97. The van der Waals surface area contributed by atoms with Gasteiger partial charge >= 0.3 is 6.18 Å². The van der Waals surface area contributed by atoms with Crippen molar-refractivity contribution in [1.29, 1.82) is 0 Å². The molecule has 160 valence electrons. The molecule has 0 radical (unpaired) electrons. The SMILES string of the molecule is CC(C)c1ocnc1CN1CCCC1c1nc2ccccc2c(=O)n1CC(F)(F)F. The fraction of sp³-hybridized carbons (Fsp3) is 0.476. The highest BCUT2D eigenvalue weighted by atomic mass is 19.4. The van der Waals surface area contributed by atoms with Crippen molar-refractivity contribution in [3.05, 3.63) is 58.3 Å². The van der Waals surface area contributed by atoms with Gasteiger partial charge in [0.15, 0.2) is 6.39 Å². The van der Waals surface area contributed by atoms with E-state index in [9.17, 15) is 18.0 Å². The molecule has 1 saturated heterocycles. The minimum Gasteiger partial charge on any atom is -0.448 e. The van der Waals surface area contributed by atoms with Gasteiger partial charge in [-0.1, -0.05) is 26.0 Å². The molecule has 0 N–H and O–H groups in total. The van der Waals surface area contributed by atoms with Crippen molar-refractivity contribution in [2.45, 2.75) is 57.9 Å². The van der Waals surface area contributed by atoms with Gasteiger partial charge < -0.3 is 4.42 Å². The van der Waals surface area contributed by atoms with E-state index >= 15 is 0 Å². The minimum atomic E-state index is -4.52. The zero-order valence-corrected chi connectivity index (χ0v) is 16.8. The first kappa shape index (κ1) is 20.6. The van der Waals surface area contributed by atoms with E-state index in [2.05, 4.69) is 9.97 Å². The number of aromatic nitrogens is 3. The third kappa shape index (κ3) is 3.98. The highest BCUT2D eigenvalue weighted by Crippen LogP contribution is 2.34. The van der Waals surface area contributed by atoms with E-state index in [4.69, 9.17) is 4.42 Å². The Hall–Kier alpha value is -2.68. The molecule has 1 aromatic carbocycles. The summed E-state index contributed by atoms with van der Waals surface area (Å²) in [5.41, 5.74) is 0.513. The number of likely N-dealkylation sites (tertiary alicyclic amines) is 1. The van der Waals surface area contributed by atoms with Crippen molar-refractivity contribution in [2.75, 3.05) is 6.54 Å². The molecule has 4 rings (SSSR count). The van der Waals surface area contributed by atoms with Crippen molar-refractivity contribution in [3.8, 4) is 0 Å². The van der Waals surface area contributed by atoms with Gasteiger partial charge in [-0.2, -0.15) is 13.2 Å². The smallest absolute Gasteiger partial charge is 0.406 e. The van der Waals surface area contributed by atoms with Crippen molar-refractivity contribution in [1.82, 2.24) is 19.4 Å². The molecule has 0 saturated carbocycles. The van der Waals surface area contributed by atoms with Crippen LogP contribution < -0.4 is 5.56 Å². The van der Waals surface area contributed by atoms with Crippen molar-refractivity contribution >= 4 is 10.9 Å². The maximum atomic E-state index is 13.3. The molecular formula is C21H23F3N4O2. The number of fused-ring (bicyclic) bond motifs is 1. The van der Waals surface area contributed by atoms with E-state index in [1.54, 1.807) is 18.2 Å². The van der Waals surface area contributed by atoms with Crippen LogP contribution in [0.4, 0.5) is 13.2 Å². The lowest BCUT2D eigenvalue weighted by atomic mass is 10.1. The Morgan fingerprint density at radius 3 is 2.77 bits per heavy atom. The minimum absolute atomic E-state index is 0.144. The Kier molecular flexibility index (Phi) is 5.40. The third-order valence-corrected chi connectivity index (χ3v) is 5.44. The molecular weight excluding hydrogens is 397 g/mol. The fourth-order valence-corrected chi connectivity index (χ4v) is 4.14. The standard InChI is InChI=1S/C21H23F3N4O2/c1-13(2)18-16(25-12-30-18)10-27-9-5-8-17(27)19-26-15-7-4-3-6-14(15)20(29)28(19)11-21(22,23)24/h3-4,6-7,12-13,17H,5,8-11H2,1-2H3. The van der Waals surface area contributed by atoms with Gasteiger partial charge in [-0.05, 0) is 31.5 Å². The van der Waals surface area contributed by atoms with Gasteiger partial charge in [-0.15, -0.1) is 0 Å². The largest absolute Gasteiger partial charge is 0.448 e. The van der Waals surface area contributed by atoms with Gasteiger partial charge in [0.25, 0.3) is 5.56 Å². The number of hydrogen-bond donors (Lipinski definition) is 0. The van der Waals surface area contributed by atoms with Gasteiger partial charge in [0, 0.05) is 12.5 Å². The number of alkyl halides is 3. The van der Waals surface area contributed by atoms with Crippen LogP contribution in [0.2, 0.25) is 0 Å². The Morgan fingerprint density at radius 2 is 2.03 bits per heavy atom. The summed E-state index contributed by atoms with van der Waals surface area (Å²) in [6, 6.07) is 6.12. The van der Waals surface area contributed by atoms with E-state index < -0.39 is 24.3 Å². The Morgan fingerprint density at radius 1 is 1.27 bits per heavy atom. The number of halogens is 3. The summed E-state index contributed by atoms with van der Waals surface area (Å²) in [6.45, 7) is 3.76. The topological polar surface area (TPSA) is 64.2 Å². The van der Waals surface area contributed by atoms with E-state index in [-0.39, 0.29) is 17.1 Å². The monoisotopic (exact) mass is 420 g/mol. The molecule has 0 amide bonds. The molecule has 9 heteroatoms. The Labute approximate surface area is 171 Å². The molecule has 30 heavy (non-hydrogen) atoms. The van der Waals surface area contributed by atoms with Crippen LogP contribution in [0.15, 0.2) is 39.9 Å². The summed E-state index contributed by atoms with van der Waals surface area (Å²) in [7, 11) is 0. The molecule has 0 aliphatic carbocycles. The average molecular weight is 420 g/mol. The van der Waals surface area contributed by atoms with Gasteiger partial charge in [-0.3, -0.25) is 14.3 Å². The predicted molar refractivity (Wildman–Crippen MR) is 105 cm³/mol. The molecule has 3 aromatic rings. The second-order valence-electron chi connectivity index (χ2n) is 7.94.